The Kier molecular flexibility index (Phi) is 5.58. The van der Waals surface area contributed by atoms with E-state index in [2.05, 4.69) is 6.92 Å². The van der Waals surface area contributed by atoms with E-state index in [1.54, 1.807) is 11.9 Å². The van der Waals surface area contributed by atoms with Gasteiger partial charge < -0.3 is 4.90 Å². The average Bonchev–Trinajstić information content (AvgIpc) is 2.54. The summed E-state index contributed by atoms with van der Waals surface area (Å²) >= 11 is 6.24. The van der Waals surface area contributed by atoms with Crippen LogP contribution in [0.15, 0.2) is 54.6 Å². The Hall–Kier alpha value is -1.84. The summed E-state index contributed by atoms with van der Waals surface area (Å²) in [6.07, 6.45) is 0. The maximum atomic E-state index is 12.4. The van der Waals surface area contributed by atoms with Crippen molar-refractivity contribution in [3.63, 3.8) is 0 Å². The number of likely N-dealkylation sites (N-methyl/N-ethyl adjacent to an activating group) is 2. The summed E-state index contributed by atoms with van der Waals surface area (Å²) < 4.78 is 0. The van der Waals surface area contributed by atoms with E-state index in [0.717, 1.165) is 16.3 Å². The standard InChI is InChI=1S/C18H21ClN2O/c1-14(16-11-7-8-12-17(16)19)20(2)13-18(22)21(3)15-9-5-4-6-10-15/h4-12,14H,13H2,1-3H3. The Labute approximate surface area is 137 Å². The third kappa shape index (κ3) is 3.87. The molecule has 2 aromatic carbocycles. The molecule has 0 spiro atoms. The van der Waals surface area contributed by atoms with Gasteiger partial charge in [-0.15, -0.1) is 0 Å². The van der Waals surface area contributed by atoms with E-state index in [1.807, 2.05) is 66.5 Å². The van der Waals surface area contributed by atoms with Gasteiger partial charge in [-0.05, 0) is 37.7 Å². The van der Waals surface area contributed by atoms with Crippen LogP contribution in [0.25, 0.3) is 0 Å². The van der Waals surface area contributed by atoms with Crippen LogP contribution in [0.2, 0.25) is 5.02 Å². The van der Waals surface area contributed by atoms with E-state index in [0.29, 0.717) is 6.54 Å². The van der Waals surface area contributed by atoms with Crippen molar-refractivity contribution in [2.75, 3.05) is 25.5 Å². The van der Waals surface area contributed by atoms with Gasteiger partial charge in [0.15, 0.2) is 0 Å². The van der Waals surface area contributed by atoms with Crippen molar-refractivity contribution in [3.05, 3.63) is 65.2 Å². The number of anilines is 1. The minimum atomic E-state index is 0.0487. The van der Waals surface area contributed by atoms with E-state index in [4.69, 9.17) is 11.6 Å². The zero-order chi connectivity index (χ0) is 16.1. The van der Waals surface area contributed by atoms with E-state index in [-0.39, 0.29) is 11.9 Å². The van der Waals surface area contributed by atoms with Crippen molar-refractivity contribution in [2.45, 2.75) is 13.0 Å². The van der Waals surface area contributed by atoms with Crippen molar-refractivity contribution in [1.29, 1.82) is 0 Å². The van der Waals surface area contributed by atoms with Crippen molar-refractivity contribution in [3.8, 4) is 0 Å². The molecule has 1 amide bonds. The molecule has 0 aliphatic rings. The normalized spacial score (nSPS) is 12.2. The van der Waals surface area contributed by atoms with Crippen LogP contribution in [0.4, 0.5) is 5.69 Å². The van der Waals surface area contributed by atoms with Crippen LogP contribution >= 0.6 is 11.6 Å². The molecule has 0 fully saturated rings. The number of hydrogen-bond acceptors (Lipinski definition) is 2. The summed E-state index contributed by atoms with van der Waals surface area (Å²) in [7, 11) is 3.73. The van der Waals surface area contributed by atoms with E-state index in [1.165, 1.54) is 0 Å². The van der Waals surface area contributed by atoms with Crippen LogP contribution in [0.5, 0.6) is 0 Å². The van der Waals surface area contributed by atoms with Crippen LogP contribution in [-0.2, 0) is 4.79 Å². The van der Waals surface area contributed by atoms with Crippen molar-refractivity contribution in [1.82, 2.24) is 4.90 Å². The molecule has 2 rings (SSSR count). The first-order chi connectivity index (χ1) is 10.5. The second-order valence-electron chi connectivity index (χ2n) is 5.40. The van der Waals surface area contributed by atoms with Crippen molar-refractivity contribution >= 4 is 23.2 Å². The highest BCUT2D eigenvalue weighted by atomic mass is 35.5. The number of benzene rings is 2. The number of halogens is 1. The average molecular weight is 317 g/mol. The van der Waals surface area contributed by atoms with Crippen molar-refractivity contribution < 1.29 is 4.79 Å². The molecule has 3 nitrogen and oxygen atoms in total. The third-order valence-corrected chi connectivity index (χ3v) is 4.26. The van der Waals surface area contributed by atoms with E-state index < -0.39 is 0 Å². The lowest BCUT2D eigenvalue weighted by atomic mass is 10.1. The Morgan fingerprint density at radius 2 is 1.64 bits per heavy atom. The summed E-state index contributed by atoms with van der Waals surface area (Å²) in [5.74, 6) is 0.0487. The Morgan fingerprint density at radius 1 is 1.05 bits per heavy atom. The molecule has 22 heavy (non-hydrogen) atoms. The Morgan fingerprint density at radius 3 is 2.27 bits per heavy atom. The first kappa shape index (κ1) is 16.5. The molecule has 1 atom stereocenters. The van der Waals surface area contributed by atoms with Gasteiger partial charge in [-0.1, -0.05) is 48.0 Å². The lowest BCUT2D eigenvalue weighted by molar-refractivity contribution is -0.119. The monoisotopic (exact) mass is 316 g/mol. The first-order valence-electron chi connectivity index (χ1n) is 7.27. The minimum Gasteiger partial charge on any atom is -0.314 e. The van der Waals surface area contributed by atoms with Gasteiger partial charge in [0.25, 0.3) is 0 Å². The summed E-state index contributed by atoms with van der Waals surface area (Å²) in [6, 6.07) is 17.5. The molecule has 0 radical (unpaired) electrons. The predicted molar refractivity (Wildman–Crippen MR) is 92.3 cm³/mol. The molecule has 1 unspecified atom stereocenters. The second kappa shape index (κ2) is 7.43. The van der Waals surface area contributed by atoms with Crippen LogP contribution in [0.1, 0.15) is 18.5 Å². The molecule has 2 aromatic rings. The fraction of sp³-hybridized carbons (Fsp3) is 0.278. The number of nitrogens with zero attached hydrogens (tertiary/aromatic N) is 2. The number of carbonyl (C=O) groups excluding carboxylic acids is 1. The maximum absolute atomic E-state index is 12.4. The van der Waals surface area contributed by atoms with E-state index in [9.17, 15) is 4.79 Å². The first-order valence-corrected chi connectivity index (χ1v) is 7.64. The molecule has 0 saturated heterocycles. The van der Waals surface area contributed by atoms with E-state index >= 15 is 0 Å². The van der Waals surface area contributed by atoms with Gasteiger partial charge in [-0.3, -0.25) is 9.69 Å². The van der Waals surface area contributed by atoms with Gasteiger partial charge in [0, 0.05) is 23.8 Å². The fourth-order valence-corrected chi connectivity index (χ4v) is 2.60. The van der Waals surface area contributed by atoms with Gasteiger partial charge in [0.2, 0.25) is 5.91 Å². The minimum absolute atomic E-state index is 0.0487. The molecule has 116 valence electrons. The van der Waals surface area contributed by atoms with Gasteiger partial charge in [-0.2, -0.15) is 0 Å². The summed E-state index contributed by atoms with van der Waals surface area (Å²) in [4.78, 5) is 16.1. The zero-order valence-corrected chi connectivity index (χ0v) is 13.9. The molecule has 0 N–H and O–H groups in total. The van der Waals surface area contributed by atoms with Crippen LogP contribution in [0, 0.1) is 0 Å². The third-order valence-electron chi connectivity index (χ3n) is 3.92. The Bertz CT molecular complexity index is 630. The largest absolute Gasteiger partial charge is 0.314 e. The quantitative estimate of drug-likeness (QED) is 0.832. The predicted octanol–water partition coefficient (Wildman–Crippen LogP) is 4.00. The molecule has 0 bridgehead atoms. The number of carbonyl (C=O) groups is 1. The van der Waals surface area contributed by atoms with Gasteiger partial charge in [0.05, 0.1) is 6.54 Å². The highest BCUT2D eigenvalue weighted by Gasteiger charge is 2.19. The number of rotatable bonds is 5. The number of hydrogen-bond donors (Lipinski definition) is 0. The molecule has 0 saturated carbocycles. The topological polar surface area (TPSA) is 23.6 Å². The molecule has 4 heteroatoms. The molecule has 0 aromatic heterocycles. The SMILES string of the molecule is CC(c1ccccc1Cl)N(C)CC(=O)N(C)c1ccccc1. The highest BCUT2D eigenvalue weighted by Crippen LogP contribution is 2.26. The number of amides is 1. The molecular weight excluding hydrogens is 296 g/mol. The van der Waals surface area contributed by atoms with Gasteiger partial charge in [0.1, 0.15) is 0 Å². The Balaban J connectivity index is 2.04. The van der Waals surface area contributed by atoms with Crippen LogP contribution < -0.4 is 4.90 Å². The van der Waals surface area contributed by atoms with Gasteiger partial charge in [-0.25, -0.2) is 0 Å². The van der Waals surface area contributed by atoms with Gasteiger partial charge >= 0.3 is 0 Å². The fourth-order valence-electron chi connectivity index (χ4n) is 2.30. The van der Waals surface area contributed by atoms with Crippen molar-refractivity contribution in [2.24, 2.45) is 0 Å². The molecule has 0 heterocycles. The lowest BCUT2D eigenvalue weighted by Gasteiger charge is -2.27. The summed E-state index contributed by atoms with van der Waals surface area (Å²) in [5, 5.41) is 0.728. The summed E-state index contributed by atoms with van der Waals surface area (Å²) in [5.41, 5.74) is 1.92. The van der Waals surface area contributed by atoms with Crippen LogP contribution in [0.3, 0.4) is 0 Å². The number of para-hydroxylation sites is 1. The lowest BCUT2D eigenvalue weighted by Crippen LogP contribution is -2.37. The summed E-state index contributed by atoms with van der Waals surface area (Å²) in [6.45, 7) is 2.38. The zero-order valence-electron chi connectivity index (χ0n) is 13.2. The second-order valence-corrected chi connectivity index (χ2v) is 5.81. The molecule has 0 aliphatic carbocycles. The molecule has 0 aliphatic heterocycles. The smallest absolute Gasteiger partial charge is 0.240 e. The van der Waals surface area contributed by atoms with Crippen LogP contribution in [-0.4, -0.2) is 31.4 Å². The highest BCUT2D eigenvalue weighted by molar-refractivity contribution is 6.31. The molecular formula is C18H21ClN2O. The maximum Gasteiger partial charge on any atom is 0.240 e.